The van der Waals surface area contributed by atoms with Gasteiger partial charge < -0.3 is 14.4 Å². The number of morpholine rings is 1. The van der Waals surface area contributed by atoms with Crippen molar-refractivity contribution in [3.63, 3.8) is 0 Å². The quantitative estimate of drug-likeness (QED) is 0.660. The van der Waals surface area contributed by atoms with Gasteiger partial charge >= 0.3 is 18.4 Å². The highest BCUT2D eigenvalue weighted by molar-refractivity contribution is 5.89. The van der Waals surface area contributed by atoms with Crippen LogP contribution in [0, 0.1) is 0 Å². The predicted octanol–water partition coefficient (Wildman–Crippen LogP) is 4.55. The van der Waals surface area contributed by atoms with E-state index in [9.17, 15) is 31.1 Å². The molecule has 1 saturated heterocycles. The number of pyridine rings is 2. The first kappa shape index (κ1) is 22.1. The van der Waals surface area contributed by atoms with Crippen LogP contribution < -0.4 is 10.2 Å². The molecule has 0 bridgehead atoms. The number of amides is 1. The van der Waals surface area contributed by atoms with Gasteiger partial charge in [0.1, 0.15) is 11.6 Å². The van der Waals surface area contributed by atoms with Crippen LogP contribution in [0.15, 0.2) is 24.4 Å². The van der Waals surface area contributed by atoms with E-state index in [4.69, 9.17) is 4.74 Å². The molecule has 172 valence electrons. The topological polar surface area (TPSA) is 76.6 Å². The second-order valence-electron chi connectivity index (χ2n) is 7.30. The van der Waals surface area contributed by atoms with Gasteiger partial charge in [-0.05, 0) is 25.1 Å². The molecule has 1 N–H and O–H groups in total. The van der Waals surface area contributed by atoms with E-state index in [2.05, 4.69) is 20.0 Å². The molecule has 7 nitrogen and oxygen atoms in total. The van der Waals surface area contributed by atoms with Crippen LogP contribution in [0.1, 0.15) is 24.2 Å². The molecule has 32 heavy (non-hydrogen) atoms. The monoisotopic (exact) mass is 462 g/mol. The standard InChI is InChI=1S/C19H16F6N4O3/c1-9-8-29(4-5-31-9)13-7-10(18(20,21)22)6-12(27-13)11-2-3-26-16-14(11)15(19(23,24)25)32-17(30)28-16/h2-3,6-7,9,15H,4-5,8H2,1H3,(H,26,28,30)/t9-,15+/m0/s1. The molecule has 2 atom stereocenters. The van der Waals surface area contributed by atoms with Crippen molar-refractivity contribution in [3.8, 4) is 11.3 Å². The van der Waals surface area contributed by atoms with Crippen LogP contribution in [0.5, 0.6) is 0 Å². The summed E-state index contributed by atoms with van der Waals surface area (Å²) in [5, 5.41) is 2.05. The van der Waals surface area contributed by atoms with Gasteiger partial charge in [0.2, 0.25) is 6.10 Å². The fourth-order valence-electron chi connectivity index (χ4n) is 3.59. The molecule has 1 amide bonds. The number of fused-ring (bicyclic) bond motifs is 1. The maximum absolute atomic E-state index is 13.6. The van der Waals surface area contributed by atoms with E-state index in [-0.39, 0.29) is 42.9 Å². The number of rotatable bonds is 2. The highest BCUT2D eigenvalue weighted by Gasteiger charge is 2.49. The zero-order valence-electron chi connectivity index (χ0n) is 16.4. The number of nitrogens with zero attached hydrogens (tertiary/aromatic N) is 3. The molecular formula is C19H16F6N4O3. The average molecular weight is 462 g/mol. The number of hydrogen-bond donors (Lipinski definition) is 1. The number of anilines is 2. The largest absolute Gasteiger partial charge is 0.431 e. The van der Waals surface area contributed by atoms with E-state index in [1.54, 1.807) is 11.8 Å². The molecule has 1 fully saturated rings. The van der Waals surface area contributed by atoms with Crippen molar-refractivity contribution in [1.29, 1.82) is 0 Å². The predicted molar refractivity (Wildman–Crippen MR) is 99.0 cm³/mol. The lowest BCUT2D eigenvalue weighted by molar-refractivity contribution is -0.206. The number of hydrogen-bond acceptors (Lipinski definition) is 6. The van der Waals surface area contributed by atoms with Crippen LogP contribution in [-0.2, 0) is 15.7 Å². The van der Waals surface area contributed by atoms with E-state index < -0.39 is 41.5 Å². The Morgan fingerprint density at radius 1 is 1.19 bits per heavy atom. The summed E-state index contributed by atoms with van der Waals surface area (Å²) in [4.78, 5) is 21.1. The highest BCUT2D eigenvalue weighted by Crippen LogP contribution is 2.46. The summed E-state index contributed by atoms with van der Waals surface area (Å²) in [6.07, 6.45) is -13.1. The van der Waals surface area contributed by atoms with Crippen molar-refractivity contribution in [1.82, 2.24) is 9.97 Å². The maximum atomic E-state index is 13.6. The molecule has 0 spiro atoms. The summed E-state index contributed by atoms with van der Waals surface area (Å²) >= 11 is 0. The van der Waals surface area contributed by atoms with Crippen molar-refractivity contribution in [2.24, 2.45) is 0 Å². The van der Waals surface area contributed by atoms with E-state index in [0.717, 1.165) is 18.3 Å². The number of cyclic esters (lactones) is 1. The average Bonchev–Trinajstić information content (AvgIpc) is 2.71. The van der Waals surface area contributed by atoms with E-state index in [1.165, 1.54) is 0 Å². The van der Waals surface area contributed by atoms with E-state index in [0.29, 0.717) is 6.07 Å². The number of halogens is 6. The minimum atomic E-state index is -5.02. The van der Waals surface area contributed by atoms with Gasteiger partial charge in [-0.2, -0.15) is 26.3 Å². The molecule has 0 aromatic carbocycles. The van der Waals surface area contributed by atoms with Gasteiger partial charge in [0.05, 0.1) is 29.5 Å². The molecule has 2 aliphatic heterocycles. The summed E-state index contributed by atoms with van der Waals surface area (Å²) < 4.78 is 91.5. The lowest BCUT2D eigenvalue weighted by Gasteiger charge is -2.33. The first-order valence-electron chi connectivity index (χ1n) is 9.43. The molecule has 2 aliphatic rings. The Balaban J connectivity index is 1.90. The Morgan fingerprint density at radius 3 is 2.59 bits per heavy atom. The maximum Gasteiger partial charge on any atom is 0.430 e. The molecule has 0 saturated carbocycles. The molecule has 0 unspecified atom stereocenters. The minimum absolute atomic E-state index is 0.0557. The van der Waals surface area contributed by atoms with Crippen LogP contribution in [0.3, 0.4) is 0 Å². The zero-order chi connectivity index (χ0) is 23.3. The summed E-state index contributed by atoms with van der Waals surface area (Å²) in [6.45, 7) is 2.52. The van der Waals surface area contributed by atoms with E-state index >= 15 is 0 Å². The lowest BCUT2D eigenvalue weighted by atomic mass is 9.98. The lowest BCUT2D eigenvalue weighted by Crippen LogP contribution is -2.41. The third-order valence-electron chi connectivity index (χ3n) is 4.98. The number of carbonyl (C=O) groups excluding carboxylic acids is 1. The Bertz CT molecular complexity index is 1040. The first-order chi connectivity index (χ1) is 14.9. The van der Waals surface area contributed by atoms with Crippen LogP contribution >= 0.6 is 0 Å². The van der Waals surface area contributed by atoms with Crippen molar-refractivity contribution in [3.05, 3.63) is 35.5 Å². The zero-order valence-corrected chi connectivity index (χ0v) is 16.4. The van der Waals surface area contributed by atoms with E-state index in [1.807, 2.05) is 0 Å². The van der Waals surface area contributed by atoms with Gasteiger partial charge in [-0.1, -0.05) is 0 Å². The van der Waals surface area contributed by atoms with Gasteiger partial charge in [0.25, 0.3) is 0 Å². The SMILES string of the molecule is C[C@H]1CN(c2cc(C(F)(F)F)cc(-c3ccnc4c3[C@H](C(F)(F)F)OC(=O)N4)n2)CCO1. The molecule has 13 heteroatoms. The van der Waals surface area contributed by atoms with Crippen LogP contribution in [0.4, 0.5) is 42.8 Å². The van der Waals surface area contributed by atoms with Gasteiger partial charge in [0, 0.05) is 24.8 Å². The molecule has 0 aliphatic carbocycles. The van der Waals surface area contributed by atoms with Crippen molar-refractivity contribution >= 4 is 17.7 Å². The number of carbonyl (C=O) groups is 1. The summed E-state index contributed by atoms with van der Waals surface area (Å²) in [6, 6.07) is 2.61. The second-order valence-corrected chi connectivity index (χ2v) is 7.30. The Morgan fingerprint density at radius 2 is 1.94 bits per heavy atom. The van der Waals surface area contributed by atoms with Gasteiger partial charge in [-0.3, -0.25) is 5.32 Å². The van der Waals surface area contributed by atoms with Crippen molar-refractivity contribution in [2.75, 3.05) is 29.9 Å². The summed E-state index contributed by atoms with van der Waals surface area (Å²) in [5.41, 5.74) is -2.34. The normalized spacial score (nSPS) is 21.6. The molecule has 2 aromatic heterocycles. The van der Waals surface area contributed by atoms with Gasteiger partial charge in [-0.25, -0.2) is 14.8 Å². The van der Waals surface area contributed by atoms with Crippen LogP contribution in [-0.4, -0.2) is 48.0 Å². The molecule has 4 rings (SSSR count). The third kappa shape index (κ3) is 4.29. The van der Waals surface area contributed by atoms with Crippen LogP contribution in [0.25, 0.3) is 11.3 Å². The van der Waals surface area contributed by atoms with Crippen molar-refractivity contribution < 1.29 is 40.6 Å². The third-order valence-corrected chi connectivity index (χ3v) is 4.98. The number of ether oxygens (including phenoxy) is 2. The molecular weight excluding hydrogens is 446 g/mol. The molecule has 4 heterocycles. The second kappa shape index (κ2) is 7.80. The number of aromatic nitrogens is 2. The van der Waals surface area contributed by atoms with Gasteiger partial charge in [0.15, 0.2) is 0 Å². The fourth-order valence-corrected chi connectivity index (χ4v) is 3.59. The Labute approximate surface area is 177 Å². The van der Waals surface area contributed by atoms with Crippen molar-refractivity contribution in [2.45, 2.75) is 31.5 Å². The number of nitrogens with one attached hydrogen (secondary N) is 1. The molecule has 2 aromatic rings. The van der Waals surface area contributed by atoms with Gasteiger partial charge in [-0.15, -0.1) is 0 Å². The van der Waals surface area contributed by atoms with Crippen LogP contribution in [0.2, 0.25) is 0 Å². The summed E-state index contributed by atoms with van der Waals surface area (Å²) in [7, 11) is 0. The Kier molecular flexibility index (Phi) is 5.39. The smallest absolute Gasteiger partial charge is 0.430 e. The summed E-state index contributed by atoms with van der Waals surface area (Å²) in [5.74, 6) is -0.512. The fraction of sp³-hybridized carbons (Fsp3) is 0.421. The minimum Gasteiger partial charge on any atom is -0.431 e. The Hall–Kier alpha value is -3.09. The first-order valence-corrected chi connectivity index (χ1v) is 9.43. The highest BCUT2D eigenvalue weighted by atomic mass is 19.4. The number of alkyl halides is 6. The molecule has 0 radical (unpaired) electrons.